The first-order valence-electron chi connectivity index (χ1n) is 7.87. The van der Waals surface area contributed by atoms with Gasteiger partial charge in [-0.3, -0.25) is 4.79 Å². The zero-order valence-electron chi connectivity index (χ0n) is 12.6. The highest BCUT2D eigenvalue weighted by atomic mass is 16.5. The van der Waals surface area contributed by atoms with E-state index in [0.29, 0.717) is 30.9 Å². The van der Waals surface area contributed by atoms with Crippen LogP contribution in [0, 0.1) is 18.8 Å². The fourth-order valence-electron chi connectivity index (χ4n) is 3.59. The maximum Gasteiger partial charge on any atom is 0.226 e. The third-order valence-electron chi connectivity index (χ3n) is 4.93. The van der Waals surface area contributed by atoms with E-state index in [9.17, 15) is 4.79 Å². The van der Waals surface area contributed by atoms with Gasteiger partial charge in [-0.2, -0.15) is 0 Å². The Labute approximate surface area is 126 Å². The molecule has 2 fully saturated rings. The lowest BCUT2D eigenvalue weighted by molar-refractivity contribution is -0.134. The molecule has 1 saturated carbocycles. The summed E-state index contributed by atoms with van der Waals surface area (Å²) in [6, 6.07) is 8.20. The van der Waals surface area contributed by atoms with E-state index < -0.39 is 0 Å². The number of aryl methyl sites for hydroxylation is 1. The van der Waals surface area contributed by atoms with Gasteiger partial charge in [0.1, 0.15) is 5.75 Å². The fourth-order valence-corrected chi connectivity index (χ4v) is 3.59. The Balaban J connectivity index is 1.48. The molecule has 1 aliphatic heterocycles. The maximum absolute atomic E-state index is 12.3. The van der Waals surface area contributed by atoms with Gasteiger partial charge in [-0.1, -0.05) is 18.2 Å². The third-order valence-corrected chi connectivity index (χ3v) is 4.93. The number of carbonyl (C=O) groups is 1. The summed E-state index contributed by atoms with van der Waals surface area (Å²) in [6.45, 7) is 4.13. The predicted molar refractivity (Wildman–Crippen MR) is 82.1 cm³/mol. The predicted octanol–water partition coefficient (Wildman–Crippen LogP) is 1.96. The van der Waals surface area contributed by atoms with E-state index in [1.54, 1.807) is 0 Å². The van der Waals surface area contributed by atoms with Crippen LogP contribution in [-0.4, -0.2) is 36.5 Å². The molecule has 114 valence electrons. The van der Waals surface area contributed by atoms with Crippen LogP contribution >= 0.6 is 0 Å². The summed E-state index contributed by atoms with van der Waals surface area (Å²) in [5, 5.41) is 0. The van der Waals surface area contributed by atoms with Crippen molar-refractivity contribution >= 4 is 5.91 Å². The van der Waals surface area contributed by atoms with Crippen LogP contribution in [-0.2, 0) is 4.79 Å². The highest BCUT2D eigenvalue weighted by Crippen LogP contribution is 2.35. The second-order valence-electron chi connectivity index (χ2n) is 6.34. The first kappa shape index (κ1) is 14.4. The Bertz CT molecular complexity index is 503. The molecule has 4 nitrogen and oxygen atoms in total. The van der Waals surface area contributed by atoms with E-state index in [-0.39, 0.29) is 5.91 Å². The Morgan fingerprint density at radius 3 is 2.62 bits per heavy atom. The van der Waals surface area contributed by atoms with E-state index >= 15 is 0 Å². The molecule has 1 heterocycles. The molecule has 1 saturated heterocycles. The Morgan fingerprint density at radius 2 is 1.95 bits per heavy atom. The average Bonchev–Trinajstić information content (AvgIpc) is 2.71. The van der Waals surface area contributed by atoms with E-state index in [4.69, 9.17) is 10.5 Å². The number of fused-ring (bicyclic) bond motifs is 2. The van der Waals surface area contributed by atoms with Gasteiger partial charge in [-0.05, 0) is 43.2 Å². The number of carbonyl (C=O) groups excluding carboxylic acids is 1. The minimum absolute atomic E-state index is 0.201. The van der Waals surface area contributed by atoms with Crippen LogP contribution in [0.5, 0.6) is 5.75 Å². The zero-order valence-corrected chi connectivity index (χ0v) is 12.6. The number of para-hydroxylation sites is 1. The first-order chi connectivity index (χ1) is 10.1. The first-order valence-corrected chi connectivity index (χ1v) is 7.87. The van der Waals surface area contributed by atoms with Crippen molar-refractivity contribution in [2.24, 2.45) is 17.6 Å². The van der Waals surface area contributed by atoms with Crippen molar-refractivity contribution in [1.82, 2.24) is 4.90 Å². The molecule has 0 radical (unpaired) electrons. The summed E-state index contributed by atoms with van der Waals surface area (Å²) in [5.74, 6) is 2.08. The summed E-state index contributed by atoms with van der Waals surface area (Å²) in [7, 11) is 0. The van der Waals surface area contributed by atoms with Gasteiger partial charge >= 0.3 is 0 Å². The number of hydrogen-bond acceptors (Lipinski definition) is 3. The molecule has 1 aliphatic carbocycles. The molecule has 2 N–H and O–H groups in total. The molecule has 0 aromatic heterocycles. The highest BCUT2D eigenvalue weighted by molar-refractivity contribution is 5.76. The third kappa shape index (κ3) is 3.05. The van der Waals surface area contributed by atoms with Crippen LogP contribution in [0.4, 0.5) is 0 Å². The number of benzene rings is 1. The molecule has 1 amide bonds. The normalized spacial score (nSPS) is 27.7. The van der Waals surface area contributed by atoms with Crippen molar-refractivity contribution in [3.05, 3.63) is 29.8 Å². The number of rotatable bonds is 4. The zero-order chi connectivity index (χ0) is 14.8. The number of likely N-dealkylation sites (tertiary alicyclic amines) is 1. The molecule has 3 atom stereocenters. The van der Waals surface area contributed by atoms with E-state index in [2.05, 4.69) is 0 Å². The molecular weight excluding hydrogens is 264 g/mol. The van der Waals surface area contributed by atoms with Crippen molar-refractivity contribution in [2.75, 3.05) is 19.7 Å². The molecule has 21 heavy (non-hydrogen) atoms. The summed E-state index contributed by atoms with van der Waals surface area (Å²) >= 11 is 0. The van der Waals surface area contributed by atoms with Gasteiger partial charge < -0.3 is 15.4 Å². The topological polar surface area (TPSA) is 55.6 Å². The SMILES string of the molecule is Cc1ccccc1OCCC(=O)N1C[C@H]2CC[C@@H](C1)C2N. The molecule has 1 aromatic carbocycles. The number of nitrogens with zero attached hydrogens (tertiary/aromatic N) is 1. The van der Waals surface area contributed by atoms with Gasteiger partial charge in [0.2, 0.25) is 5.91 Å². The molecule has 2 aliphatic rings. The monoisotopic (exact) mass is 288 g/mol. The minimum Gasteiger partial charge on any atom is -0.493 e. The van der Waals surface area contributed by atoms with Gasteiger partial charge in [0.05, 0.1) is 13.0 Å². The van der Waals surface area contributed by atoms with Crippen LogP contribution in [0.1, 0.15) is 24.8 Å². The molecule has 1 aromatic rings. The van der Waals surface area contributed by atoms with E-state index in [1.165, 1.54) is 12.8 Å². The molecular formula is C17H24N2O2. The second-order valence-corrected chi connectivity index (χ2v) is 6.34. The summed E-state index contributed by atoms with van der Waals surface area (Å²) < 4.78 is 5.72. The summed E-state index contributed by atoms with van der Waals surface area (Å²) in [4.78, 5) is 14.3. The smallest absolute Gasteiger partial charge is 0.226 e. The van der Waals surface area contributed by atoms with Crippen LogP contribution in [0.25, 0.3) is 0 Å². The van der Waals surface area contributed by atoms with Crippen LogP contribution in [0.2, 0.25) is 0 Å². The number of amides is 1. The van der Waals surface area contributed by atoms with Gasteiger partial charge in [0.25, 0.3) is 0 Å². The summed E-state index contributed by atoms with van der Waals surface area (Å²) in [6.07, 6.45) is 2.80. The number of piperidine rings is 1. The van der Waals surface area contributed by atoms with E-state index in [1.807, 2.05) is 36.1 Å². The molecule has 0 spiro atoms. The van der Waals surface area contributed by atoms with Gasteiger partial charge in [0.15, 0.2) is 0 Å². The largest absolute Gasteiger partial charge is 0.493 e. The van der Waals surface area contributed by atoms with Crippen LogP contribution < -0.4 is 10.5 Å². The van der Waals surface area contributed by atoms with Crippen molar-refractivity contribution in [3.8, 4) is 5.75 Å². The van der Waals surface area contributed by atoms with Crippen molar-refractivity contribution < 1.29 is 9.53 Å². The fraction of sp³-hybridized carbons (Fsp3) is 0.588. The quantitative estimate of drug-likeness (QED) is 0.921. The molecule has 2 bridgehead atoms. The summed E-state index contributed by atoms with van der Waals surface area (Å²) in [5.41, 5.74) is 7.28. The Hall–Kier alpha value is -1.55. The minimum atomic E-state index is 0.201. The van der Waals surface area contributed by atoms with Crippen molar-refractivity contribution in [2.45, 2.75) is 32.2 Å². The Kier molecular flexibility index (Phi) is 4.15. The second kappa shape index (κ2) is 6.06. The van der Waals surface area contributed by atoms with Crippen LogP contribution in [0.3, 0.4) is 0 Å². The molecule has 1 unspecified atom stereocenters. The standard InChI is InChI=1S/C17H24N2O2/c1-12-4-2-3-5-15(12)21-9-8-16(20)19-10-13-6-7-14(11-19)17(13)18/h2-5,13-14,17H,6-11,18H2,1H3/t13-,14+,17?. The lowest BCUT2D eigenvalue weighted by Gasteiger charge is -2.36. The van der Waals surface area contributed by atoms with Crippen molar-refractivity contribution in [3.63, 3.8) is 0 Å². The van der Waals surface area contributed by atoms with Gasteiger partial charge in [-0.25, -0.2) is 0 Å². The maximum atomic E-state index is 12.3. The van der Waals surface area contributed by atoms with Gasteiger partial charge in [-0.15, -0.1) is 0 Å². The van der Waals surface area contributed by atoms with Crippen LogP contribution in [0.15, 0.2) is 24.3 Å². The lowest BCUT2D eigenvalue weighted by atomic mass is 9.93. The lowest BCUT2D eigenvalue weighted by Crippen LogP contribution is -2.50. The Morgan fingerprint density at radius 1 is 1.29 bits per heavy atom. The van der Waals surface area contributed by atoms with E-state index in [0.717, 1.165) is 24.4 Å². The van der Waals surface area contributed by atoms with Gasteiger partial charge in [0, 0.05) is 19.1 Å². The highest BCUT2D eigenvalue weighted by Gasteiger charge is 2.40. The molecule has 3 rings (SSSR count). The molecule has 4 heteroatoms. The number of nitrogens with two attached hydrogens (primary N) is 1. The number of hydrogen-bond donors (Lipinski definition) is 1. The van der Waals surface area contributed by atoms with Crippen molar-refractivity contribution in [1.29, 1.82) is 0 Å². The number of ether oxygens (including phenoxy) is 1. The average molecular weight is 288 g/mol.